The van der Waals surface area contributed by atoms with Gasteiger partial charge in [0.25, 0.3) is 0 Å². The van der Waals surface area contributed by atoms with Crippen LogP contribution >= 0.6 is 0 Å². The Kier molecular flexibility index (Phi) is 7.87. The quantitative estimate of drug-likeness (QED) is 0.520. The van der Waals surface area contributed by atoms with E-state index in [1.54, 1.807) is 0 Å². The number of fused-ring (bicyclic) bond motifs is 1. The predicted molar refractivity (Wildman–Crippen MR) is 125 cm³/mol. The van der Waals surface area contributed by atoms with Crippen molar-refractivity contribution in [2.75, 3.05) is 19.8 Å². The highest BCUT2D eigenvalue weighted by atomic mass is 16.5. The first kappa shape index (κ1) is 22.2. The van der Waals surface area contributed by atoms with Crippen LogP contribution in [0, 0.1) is 6.92 Å². The third-order valence-electron chi connectivity index (χ3n) is 6.59. The van der Waals surface area contributed by atoms with Crippen LogP contribution in [0.3, 0.4) is 0 Å². The molecular weight excluding hydrogens is 386 g/mol. The number of hydrogen-bond donors (Lipinski definition) is 1. The highest BCUT2D eigenvalue weighted by Gasteiger charge is 2.25. The van der Waals surface area contributed by atoms with Gasteiger partial charge in [-0.3, -0.25) is 0 Å². The maximum absolute atomic E-state index is 6.35. The van der Waals surface area contributed by atoms with Gasteiger partial charge in [0.2, 0.25) is 0 Å². The fraction of sp³-hybridized carbons (Fsp3) is 0.556. The van der Waals surface area contributed by atoms with Crippen LogP contribution in [-0.4, -0.2) is 31.9 Å². The van der Waals surface area contributed by atoms with Crippen LogP contribution < -0.4 is 14.8 Å². The van der Waals surface area contributed by atoms with Gasteiger partial charge in [-0.15, -0.1) is 0 Å². The highest BCUT2D eigenvalue weighted by Crippen LogP contribution is 2.38. The molecule has 0 spiro atoms. The summed E-state index contributed by atoms with van der Waals surface area (Å²) >= 11 is 0. The second kappa shape index (κ2) is 11.0. The average Bonchev–Trinajstić information content (AvgIpc) is 2.80. The Bertz CT molecular complexity index is 829. The van der Waals surface area contributed by atoms with Gasteiger partial charge in [-0.25, -0.2) is 0 Å². The first-order valence-corrected chi connectivity index (χ1v) is 12.1. The fourth-order valence-electron chi connectivity index (χ4n) is 4.81. The monoisotopic (exact) mass is 423 g/mol. The molecule has 1 aliphatic heterocycles. The molecule has 0 radical (unpaired) electrons. The molecule has 168 valence electrons. The molecule has 1 unspecified atom stereocenters. The molecule has 1 N–H and O–H groups in total. The van der Waals surface area contributed by atoms with Gasteiger partial charge in [-0.05, 0) is 100 Å². The highest BCUT2D eigenvalue weighted by molar-refractivity contribution is 5.43. The first-order chi connectivity index (χ1) is 15.2. The standard InChI is InChI=1S/C27H37NO3/c1-3-29-18-6-17-28-22-10-12-23(13-11-22)30-24-14-16-26-21(19-24)9-15-27(31-26)25-8-5-4-7-20(25)2/h4-5,7-8,14,16,19,22-23,27-28H,3,6,9-13,15,17-18H2,1-2H3. The zero-order valence-electron chi connectivity index (χ0n) is 19.1. The van der Waals surface area contributed by atoms with Crippen LogP contribution in [0.5, 0.6) is 11.5 Å². The van der Waals surface area contributed by atoms with Gasteiger partial charge in [0.15, 0.2) is 0 Å². The van der Waals surface area contributed by atoms with Gasteiger partial charge >= 0.3 is 0 Å². The van der Waals surface area contributed by atoms with Crippen LogP contribution in [0.15, 0.2) is 42.5 Å². The lowest BCUT2D eigenvalue weighted by Gasteiger charge is -2.31. The van der Waals surface area contributed by atoms with Crippen molar-refractivity contribution in [1.82, 2.24) is 5.32 Å². The molecule has 4 rings (SSSR count). The molecule has 0 bridgehead atoms. The second-order valence-corrected chi connectivity index (χ2v) is 8.87. The molecule has 0 aromatic heterocycles. The maximum Gasteiger partial charge on any atom is 0.124 e. The number of hydrogen-bond acceptors (Lipinski definition) is 4. The lowest BCUT2D eigenvalue weighted by Crippen LogP contribution is -2.37. The van der Waals surface area contributed by atoms with Crippen LogP contribution in [0.25, 0.3) is 0 Å². The van der Waals surface area contributed by atoms with E-state index in [9.17, 15) is 0 Å². The molecule has 1 aliphatic carbocycles. The van der Waals surface area contributed by atoms with E-state index in [0.717, 1.165) is 63.4 Å². The zero-order valence-corrected chi connectivity index (χ0v) is 19.1. The summed E-state index contributed by atoms with van der Waals surface area (Å²) in [6, 6.07) is 15.5. The first-order valence-electron chi connectivity index (χ1n) is 12.1. The second-order valence-electron chi connectivity index (χ2n) is 8.87. The Hall–Kier alpha value is -2.04. The molecule has 4 heteroatoms. The summed E-state index contributed by atoms with van der Waals surface area (Å²) in [4.78, 5) is 0. The van der Waals surface area contributed by atoms with Crippen molar-refractivity contribution in [1.29, 1.82) is 0 Å². The van der Waals surface area contributed by atoms with E-state index in [-0.39, 0.29) is 6.10 Å². The summed E-state index contributed by atoms with van der Waals surface area (Å²) in [5.41, 5.74) is 3.87. The largest absolute Gasteiger partial charge is 0.490 e. The van der Waals surface area contributed by atoms with E-state index in [2.05, 4.69) is 54.7 Å². The Morgan fingerprint density at radius 2 is 1.87 bits per heavy atom. The smallest absolute Gasteiger partial charge is 0.124 e. The van der Waals surface area contributed by atoms with Crippen molar-refractivity contribution in [2.24, 2.45) is 0 Å². The minimum atomic E-state index is 0.150. The van der Waals surface area contributed by atoms with Crippen molar-refractivity contribution < 1.29 is 14.2 Å². The molecular formula is C27H37NO3. The lowest BCUT2D eigenvalue weighted by molar-refractivity contribution is 0.131. The van der Waals surface area contributed by atoms with Crippen LogP contribution in [-0.2, 0) is 11.2 Å². The molecule has 1 atom stereocenters. The van der Waals surface area contributed by atoms with Crippen molar-refractivity contribution in [3.8, 4) is 11.5 Å². The Labute approximate surface area is 187 Å². The van der Waals surface area contributed by atoms with Gasteiger partial charge in [-0.2, -0.15) is 0 Å². The summed E-state index contributed by atoms with van der Waals surface area (Å²) in [5, 5.41) is 3.68. The summed E-state index contributed by atoms with van der Waals surface area (Å²) in [5.74, 6) is 2.00. The Morgan fingerprint density at radius 1 is 1.03 bits per heavy atom. The van der Waals surface area contributed by atoms with Crippen LogP contribution in [0.1, 0.15) is 68.2 Å². The number of ether oxygens (including phenoxy) is 3. The van der Waals surface area contributed by atoms with Crippen molar-refractivity contribution >= 4 is 0 Å². The van der Waals surface area contributed by atoms with Gasteiger partial charge < -0.3 is 19.5 Å². The molecule has 1 saturated carbocycles. The summed E-state index contributed by atoms with van der Waals surface area (Å²) in [6.45, 7) is 6.92. The molecule has 31 heavy (non-hydrogen) atoms. The summed E-state index contributed by atoms with van der Waals surface area (Å²) in [7, 11) is 0. The molecule has 2 aliphatic rings. The van der Waals surface area contributed by atoms with Crippen molar-refractivity contribution in [2.45, 2.75) is 77.0 Å². The zero-order chi connectivity index (χ0) is 21.5. The van der Waals surface area contributed by atoms with E-state index < -0.39 is 0 Å². The lowest BCUT2D eigenvalue weighted by atomic mass is 9.92. The van der Waals surface area contributed by atoms with E-state index >= 15 is 0 Å². The average molecular weight is 424 g/mol. The molecule has 2 aromatic rings. The minimum absolute atomic E-state index is 0.150. The van der Waals surface area contributed by atoms with E-state index in [1.165, 1.54) is 29.5 Å². The SMILES string of the molecule is CCOCCCNC1CCC(Oc2ccc3c(c2)CCC(c2ccccc2C)O3)CC1. The molecule has 2 aromatic carbocycles. The number of nitrogens with one attached hydrogen (secondary N) is 1. The van der Waals surface area contributed by atoms with Gasteiger partial charge in [0.05, 0.1) is 6.10 Å². The normalized spacial score (nSPS) is 23.1. The van der Waals surface area contributed by atoms with Crippen LogP contribution in [0.2, 0.25) is 0 Å². The fourth-order valence-corrected chi connectivity index (χ4v) is 4.81. The number of rotatable bonds is 9. The molecule has 4 nitrogen and oxygen atoms in total. The predicted octanol–water partition coefficient (Wildman–Crippen LogP) is 5.77. The van der Waals surface area contributed by atoms with E-state index in [0.29, 0.717) is 12.1 Å². The topological polar surface area (TPSA) is 39.7 Å². The third-order valence-corrected chi connectivity index (χ3v) is 6.59. The Balaban J connectivity index is 1.25. The summed E-state index contributed by atoms with van der Waals surface area (Å²) in [6.07, 6.45) is 8.22. The molecule has 1 heterocycles. The minimum Gasteiger partial charge on any atom is -0.490 e. The maximum atomic E-state index is 6.35. The van der Waals surface area contributed by atoms with E-state index in [4.69, 9.17) is 14.2 Å². The molecule has 0 saturated heterocycles. The van der Waals surface area contributed by atoms with Crippen LogP contribution in [0.4, 0.5) is 0 Å². The number of aryl methyl sites for hydroxylation is 2. The van der Waals surface area contributed by atoms with E-state index in [1.807, 2.05) is 6.92 Å². The Morgan fingerprint density at radius 3 is 2.68 bits per heavy atom. The molecule has 1 fully saturated rings. The van der Waals surface area contributed by atoms with Crippen molar-refractivity contribution in [3.05, 3.63) is 59.2 Å². The number of benzene rings is 2. The van der Waals surface area contributed by atoms with Gasteiger partial charge in [0.1, 0.15) is 17.6 Å². The van der Waals surface area contributed by atoms with Crippen molar-refractivity contribution in [3.63, 3.8) is 0 Å². The molecule has 0 amide bonds. The van der Waals surface area contributed by atoms with Gasteiger partial charge in [0, 0.05) is 19.3 Å². The third kappa shape index (κ3) is 6.02. The summed E-state index contributed by atoms with van der Waals surface area (Å²) < 4.78 is 18.1. The van der Waals surface area contributed by atoms with Gasteiger partial charge in [-0.1, -0.05) is 24.3 Å².